The van der Waals surface area contributed by atoms with Crippen LogP contribution in [0, 0.1) is 20.8 Å². The maximum atomic E-state index is 12.8. The average Bonchev–Trinajstić information content (AvgIpc) is 3.10. The number of aryl methyl sites for hydroxylation is 1. The Morgan fingerprint density at radius 1 is 1.32 bits per heavy atom. The van der Waals surface area contributed by atoms with Gasteiger partial charge in [0.1, 0.15) is 11.0 Å². The number of ether oxygens (including phenoxy) is 1. The van der Waals surface area contributed by atoms with E-state index in [1.807, 2.05) is 6.92 Å². The van der Waals surface area contributed by atoms with E-state index in [9.17, 15) is 14.4 Å². The standard InChI is InChI=1S/C18H23ClN4O4S/c1-6-7-27-18(26)12-8(2)14(15(20)24)28-17(12)21-16(25)11(5)23-10(4)13(19)9(3)22-23/h11H,6-7H2,1-5H3,(H2,20,24)(H,21,25). The van der Waals surface area contributed by atoms with Crippen LogP contribution in [0.1, 0.15) is 63.3 Å². The Bertz CT molecular complexity index is 935. The summed E-state index contributed by atoms with van der Waals surface area (Å²) in [6.45, 7) is 8.87. The van der Waals surface area contributed by atoms with Crippen molar-refractivity contribution in [2.24, 2.45) is 5.73 Å². The van der Waals surface area contributed by atoms with Crippen LogP contribution in [0.2, 0.25) is 5.02 Å². The van der Waals surface area contributed by atoms with E-state index >= 15 is 0 Å². The zero-order valence-electron chi connectivity index (χ0n) is 16.4. The Labute approximate surface area is 172 Å². The summed E-state index contributed by atoms with van der Waals surface area (Å²) in [6.07, 6.45) is 0.648. The van der Waals surface area contributed by atoms with Gasteiger partial charge in [-0.1, -0.05) is 18.5 Å². The van der Waals surface area contributed by atoms with Crippen molar-refractivity contribution in [3.8, 4) is 0 Å². The van der Waals surface area contributed by atoms with E-state index in [1.165, 1.54) is 4.68 Å². The predicted octanol–water partition coefficient (Wildman–Crippen LogP) is 3.39. The average molecular weight is 427 g/mol. The predicted molar refractivity (Wildman–Crippen MR) is 108 cm³/mol. The fourth-order valence-corrected chi connectivity index (χ4v) is 3.87. The van der Waals surface area contributed by atoms with Gasteiger partial charge in [0.15, 0.2) is 0 Å². The highest BCUT2D eigenvalue weighted by Gasteiger charge is 2.28. The van der Waals surface area contributed by atoms with Crippen molar-refractivity contribution in [1.29, 1.82) is 0 Å². The molecule has 0 spiro atoms. The Morgan fingerprint density at radius 3 is 2.46 bits per heavy atom. The van der Waals surface area contributed by atoms with Gasteiger partial charge >= 0.3 is 5.97 Å². The minimum atomic E-state index is -0.690. The zero-order valence-corrected chi connectivity index (χ0v) is 18.0. The van der Waals surface area contributed by atoms with Crippen LogP contribution in [0.4, 0.5) is 5.00 Å². The number of rotatable bonds is 7. The first-order chi connectivity index (χ1) is 13.1. The second-order valence-corrected chi connectivity index (χ2v) is 7.75. The Hall–Kier alpha value is -2.39. The molecule has 1 unspecified atom stereocenters. The van der Waals surface area contributed by atoms with Crippen molar-refractivity contribution in [1.82, 2.24) is 9.78 Å². The Morgan fingerprint density at radius 2 is 1.96 bits per heavy atom. The first-order valence-electron chi connectivity index (χ1n) is 8.72. The van der Waals surface area contributed by atoms with E-state index in [0.29, 0.717) is 28.4 Å². The lowest BCUT2D eigenvalue weighted by Crippen LogP contribution is -2.25. The van der Waals surface area contributed by atoms with Crippen molar-refractivity contribution in [3.63, 3.8) is 0 Å². The summed E-state index contributed by atoms with van der Waals surface area (Å²) >= 11 is 7.10. The van der Waals surface area contributed by atoms with Gasteiger partial charge in [0.25, 0.3) is 5.91 Å². The van der Waals surface area contributed by atoms with Gasteiger partial charge in [-0.2, -0.15) is 5.10 Å². The highest BCUT2D eigenvalue weighted by Crippen LogP contribution is 2.34. The molecule has 0 aromatic carbocycles. The second-order valence-electron chi connectivity index (χ2n) is 6.36. The molecule has 0 saturated heterocycles. The molecule has 2 aromatic rings. The third kappa shape index (κ3) is 4.20. The number of carbonyl (C=O) groups excluding carboxylic acids is 3. The van der Waals surface area contributed by atoms with E-state index in [1.54, 1.807) is 27.7 Å². The number of anilines is 1. The minimum absolute atomic E-state index is 0.138. The largest absolute Gasteiger partial charge is 0.462 e. The maximum Gasteiger partial charge on any atom is 0.341 e. The lowest BCUT2D eigenvalue weighted by Gasteiger charge is -2.14. The van der Waals surface area contributed by atoms with Gasteiger partial charge in [-0.15, -0.1) is 11.3 Å². The molecule has 0 aliphatic carbocycles. The van der Waals surface area contributed by atoms with E-state index in [0.717, 1.165) is 11.3 Å². The molecule has 0 radical (unpaired) electrons. The number of primary amides is 1. The number of hydrogen-bond donors (Lipinski definition) is 2. The smallest absolute Gasteiger partial charge is 0.341 e. The summed E-state index contributed by atoms with van der Waals surface area (Å²) in [5.74, 6) is -1.70. The molecule has 28 heavy (non-hydrogen) atoms. The fourth-order valence-electron chi connectivity index (χ4n) is 2.70. The molecule has 2 rings (SSSR count). The molecular formula is C18H23ClN4O4S. The van der Waals surface area contributed by atoms with Crippen LogP contribution in [0.3, 0.4) is 0 Å². The molecule has 0 saturated carbocycles. The SMILES string of the molecule is CCCOC(=O)c1c(NC(=O)C(C)n2nc(C)c(Cl)c2C)sc(C(N)=O)c1C. The number of nitrogens with zero attached hydrogens (tertiary/aromatic N) is 2. The van der Waals surface area contributed by atoms with Gasteiger partial charge in [-0.25, -0.2) is 4.79 Å². The first-order valence-corrected chi connectivity index (χ1v) is 9.91. The van der Waals surface area contributed by atoms with Crippen molar-refractivity contribution < 1.29 is 19.1 Å². The molecule has 10 heteroatoms. The molecule has 3 N–H and O–H groups in total. The Kier molecular flexibility index (Phi) is 6.84. The molecule has 2 amide bonds. The lowest BCUT2D eigenvalue weighted by molar-refractivity contribution is -0.119. The molecule has 0 aliphatic heterocycles. The number of amides is 2. The van der Waals surface area contributed by atoms with Gasteiger partial charge < -0.3 is 15.8 Å². The number of hydrogen-bond acceptors (Lipinski definition) is 6. The summed E-state index contributed by atoms with van der Waals surface area (Å²) in [7, 11) is 0. The number of thiophene rings is 1. The first kappa shape index (κ1) is 21.9. The molecule has 0 aliphatic rings. The highest BCUT2D eigenvalue weighted by atomic mass is 35.5. The van der Waals surface area contributed by atoms with Crippen molar-refractivity contribution in [3.05, 3.63) is 32.4 Å². The van der Waals surface area contributed by atoms with Crippen LogP contribution >= 0.6 is 22.9 Å². The van der Waals surface area contributed by atoms with E-state index in [2.05, 4.69) is 10.4 Å². The minimum Gasteiger partial charge on any atom is -0.462 e. The molecule has 0 bridgehead atoms. The van der Waals surface area contributed by atoms with Crippen molar-refractivity contribution in [2.45, 2.75) is 47.1 Å². The van der Waals surface area contributed by atoms with Crippen LogP contribution in [0.15, 0.2) is 0 Å². The number of nitrogens with two attached hydrogens (primary N) is 1. The van der Waals surface area contributed by atoms with Crippen LogP contribution in [0.5, 0.6) is 0 Å². The normalized spacial score (nSPS) is 11.9. The molecule has 2 heterocycles. The summed E-state index contributed by atoms with van der Waals surface area (Å²) in [6, 6.07) is -0.690. The van der Waals surface area contributed by atoms with E-state index in [4.69, 9.17) is 22.1 Å². The van der Waals surface area contributed by atoms with E-state index in [-0.39, 0.29) is 22.0 Å². The lowest BCUT2D eigenvalue weighted by atomic mass is 10.1. The van der Waals surface area contributed by atoms with Crippen molar-refractivity contribution >= 4 is 45.7 Å². The number of halogens is 1. The van der Waals surface area contributed by atoms with Crippen LogP contribution in [-0.2, 0) is 9.53 Å². The summed E-state index contributed by atoms with van der Waals surface area (Å²) < 4.78 is 6.70. The molecular weight excluding hydrogens is 404 g/mol. The molecule has 1 atom stereocenters. The number of aromatic nitrogens is 2. The summed E-state index contributed by atoms with van der Waals surface area (Å²) in [5.41, 5.74) is 7.19. The third-order valence-electron chi connectivity index (χ3n) is 4.23. The maximum absolute atomic E-state index is 12.8. The van der Waals surface area contributed by atoms with Crippen LogP contribution < -0.4 is 11.1 Å². The van der Waals surface area contributed by atoms with Gasteiger partial charge in [0.2, 0.25) is 5.91 Å². The fraction of sp³-hybridized carbons (Fsp3) is 0.444. The third-order valence-corrected chi connectivity index (χ3v) is 6.00. The zero-order chi connectivity index (χ0) is 21.2. The molecule has 152 valence electrons. The Balaban J connectivity index is 2.37. The molecule has 2 aromatic heterocycles. The number of carbonyl (C=O) groups is 3. The molecule has 0 fully saturated rings. The van der Waals surface area contributed by atoms with Crippen LogP contribution in [-0.4, -0.2) is 34.2 Å². The van der Waals surface area contributed by atoms with Gasteiger partial charge in [0, 0.05) is 0 Å². The summed E-state index contributed by atoms with van der Waals surface area (Å²) in [5, 5.41) is 7.70. The van der Waals surface area contributed by atoms with Crippen molar-refractivity contribution in [2.75, 3.05) is 11.9 Å². The quantitative estimate of drug-likeness (QED) is 0.658. The van der Waals surface area contributed by atoms with Crippen LogP contribution in [0.25, 0.3) is 0 Å². The molecule has 8 nitrogen and oxygen atoms in total. The highest BCUT2D eigenvalue weighted by molar-refractivity contribution is 7.18. The summed E-state index contributed by atoms with van der Waals surface area (Å²) in [4.78, 5) is 37.1. The number of nitrogens with one attached hydrogen (secondary N) is 1. The van der Waals surface area contributed by atoms with Gasteiger partial charge in [-0.05, 0) is 39.7 Å². The van der Waals surface area contributed by atoms with E-state index < -0.39 is 23.8 Å². The van der Waals surface area contributed by atoms with Gasteiger partial charge in [0.05, 0.1) is 33.5 Å². The second kappa shape index (κ2) is 8.74. The topological polar surface area (TPSA) is 116 Å². The van der Waals surface area contributed by atoms with Gasteiger partial charge in [-0.3, -0.25) is 14.3 Å². The monoisotopic (exact) mass is 426 g/mol. The number of esters is 1.